The lowest BCUT2D eigenvalue weighted by molar-refractivity contribution is 0.279. The van der Waals surface area contributed by atoms with Gasteiger partial charge in [0.05, 0.1) is 5.69 Å². The highest BCUT2D eigenvalue weighted by atomic mass is 31.1. The van der Waals surface area contributed by atoms with Crippen LogP contribution < -0.4 is 4.52 Å². The minimum atomic E-state index is -1.75. The van der Waals surface area contributed by atoms with Crippen molar-refractivity contribution in [3.63, 3.8) is 0 Å². The van der Waals surface area contributed by atoms with E-state index in [1.165, 1.54) is 22.3 Å². The molecule has 5 heteroatoms. The zero-order chi connectivity index (χ0) is 27.4. The van der Waals surface area contributed by atoms with Crippen molar-refractivity contribution >= 4 is 30.2 Å². The summed E-state index contributed by atoms with van der Waals surface area (Å²) in [5, 5.41) is 2.25. The summed E-state index contributed by atoms with van der Waals surface area (Å²) in [7, 11) is -1.75. The normalized spacial score (nSPS) is 13.4. The van der Waals surface area contributed by atoms with Gasteiger partial charge < -0.3 is 8.39 Å². The van der Waals surface area contributed by atoms with Gasteiger partial charge in [0.2, 0.25) is 0 Å². The highest BCUT2D eigenvalue weighted by Crippen LogP contribution is 2.46. The fraction of sp³-hybridized carbons (Fsp3) is 0.469. The molecule has 0 saturated heterocycles. The first-order valence-electron chi connectivity index (χ1n) is 13.2. The Balaban J connectivity index is 2.21. The smallest absolute Gasteiger partial charge is 0.388 e. The monoisotopic (exact) mass is 519 g/mol. The third-order valence-electron chi connectivity index (χ3n) is 7.37. The zero-order valence-corrected chi connectivity index (χ0v) is 25.5. The molecule has 0 aliphatic rings. The molecule has 2 aromatic heterocycles. The molecule has 0 N–H and O–H groups in total. The Kier molecular flexibility index (Phi) is 7.16. The van der Waals surface area contributed by atoms with Crippen LogP contribution in [0.15, 0.2) is 38.7 Å². The van der Waals surface area contributed by atoms with Crippen LogP contribution in [-0.2, 0) is 10.8 Å². The number of aromatic nitrogens is 1. The number of hydrogen-bond donors (Lipinski definition) is 0. The maximum absolute atomic E-state index is 6.81. The molecule has 0 unspecified atom stereocenters. The van der Waals surface area contributed by atoms with Crippen LogP contribution >= 0.6 is 8.24 Å². The highest BCUT2D eigenvalue weighted by Gasteiger charge is 2.27. The van der Waals surface area contributed by atoms with E-state index in [1.807, 2.05) is 32.0 Å². The fourth-order valence-corrected chi connectivity index (χ4v) is 6.04. The van der Waals surface area contributed by atoms with Gasteiger partial charge in [-0.25, -0.2) is 0 Å². The van der Waals surface area contributed by atoms with E-state index in [0.29, 0.717) is 0 Å². The largest absolute Gasteiger partial charge is 0.399 e. The van der Waals surface area contributed by atoms with Crippen LogP contribution in [0.4, 0.5) is 0 Å². The molecule has 0 amide bonds. The van der Waals surface area contributed by atoms with E-state index < -0.39 is 8.24 Å². The third-order valence-corrected chi connectivity index (χ3v) is 8.52. The van der Waals surface area contributed by atoms with Gasteiger partial charge in [-0.3, -0.25) is 9.51 Å². The first-order valence-corrected chi connectivity index (χ1v) is 14.2. The number of hydrogen-bond acceptors (Lipinski definition) is 4. The number of rotatable bonds is 3. The van der Waals surface area contributed by atoms with Crippen molar-refractivity contribution < 1.29 is 12.9 Å². The average molecular weight is 520 g/mol. The Morgan fingerprint density at radius 2 is 1.22 bits per heavy atom. The molecule has 1 atom stereocenters. The molecule has 198 valence electrons. The minimum Gasteiger partial charge on any atom is -0.399 e. The van der Waals surface area contributed by atoms with Gasteiger partial charge in [0.1, 0.15) is 17.3 Å². The lowest BCUT2D eigenvalue weighted by Crippen LogP contribution is -2.13. The van der Waals surface area contributed by atoms with E-state index >= 15 is 0 Å². The summed E-state index contributed by atoms with van der Waals surface area (Å²) in [4.78, 5) is 4.69. The number of nitrogens with zero attached hydrogens (tertiary/aromatic N) is 1. The molecule has 0 spiro atoms. The first-order chi connectivity index (χ1) is 17.1. The molecule has 2 aromatic carbocycles. The summed E-state index contributed by atoms with van der Waals surface area (Å²) < 4.78 is 20.2. The predicted molar refractivity (Wildman–Crippen MR) is 157 cm³/mol. The standard InChI is InChI=1S/C32H42NO3P/c1-18-16-24(31(7,8)9)29-27(21(18)4)28-22(5)19(2)17-25(32(10,11)12)30(28)36-37(35-29)34-23(6)26-15-13-14-20(3)33-26/h13-17,23H,1-12H3/t23-/m0/s1. The van der Waals surface area contributed by atoms with Crippen molar-refractivity contribution in [1.82, 2.24) is 4.98 Å². The maximum atomic E-state index is 6.81. The Morgan fingerprint density at radius 3 is 1.62 bits per heavy atom. The lowest BCUT2D eigenvalue weighted by atomic mass is 9.81. The number of fused-ring (bicyclic) bond motifs is 3. The van der Waals surface area contributed by atoms with Crippen LogP contribution in [0.5, 0.6) is 0 Å². The number of benzene rings is 2. The van der Waals surface area contributed by atoms with Gasteiger partial charge in [-0.05, 0) is 86.8 Å². The number of aryl methyl sites for hydroxylation is 5. The molecule has 0 saturated carbocycles. The van der Waals surface area contributed by atoms with Gasteiger partial charge in [0.15, 0.2) is 0 Å². The van der Waals surface area contributed by atoms with Gasteiger partial charge in [0, 0.05) is 27.6 Å². The van der Waals surface area contributed by atoms with E-state index in [0.717, 1.165) is 44.5 Å². The SMILES string of the molecule is Cc1cccc([C@H](C)Op2oc3c(C(C)(C)C)cc(C)c(C)c3c3c(C)c(C)cc(C(C)(C)C)c3o2)n1. The van der Waals surface area contributed by atoms with E-state index in [1.54, 1.807) is 0 Å². The summed E-state index contributed by atoms with van der Waals surface area (Å²) in [6, 6.07) is 10.5. The summed E-state index contributed by atoms with van der Waals surface area (Å²) in [5.74, 6) is 0. The molecule has 0 radical (unpaired) electrons. The highest BCUT2D eigenvalue weighted by molar-refractivity contribution is 7.31. The minimum absolute atomic E-state index is 0.123. The van der Waals surface area contributed by atoms with Crippen molar-refractivity contribution in [3.8, 4) is 0 Å². The topological polar surface area (TPSA) is 48.4 Å². The van der Waals surface area contributed by atoms with Crippen molar-refractivity contribution in [2.75, 3.05) is 0 Å². The lowest BCUT2D eigenvalue weighted by Gasteiger charge is -2.23. The second-order valence-corrected chi connectivity index (χ2v) is 13.5. The Morgan fingerprint density at radius 1 is 0.757 bits per heavy atom. The molecule has 37 heavy (non-hydrogen) atoms. The molecule has 4 nitrogen and oxygen atoms in total. The summed E-state index contributed by atoms with van der Waals surface area (Å²) >= 11 is 0. The summed E-state index contributed by atoms with van der Waals surface area (Å²) in [5.41, 5.74) is 10.6. The molecule has 0 bridgehead atoms. The van der Waals surface area contributed by atoms with Gasteiger partial charge in [0.25, 0.3) is 0 Å². The van der Waals surface area contributed by atoms with E-state index in [2.05, 4.69) is 86.4 Å². The maximum Gasteiger partial charge on any atom is 0.388 e. The second-order valence-electron chi connectivity index (χ2n) is 12.5. The fourth-order valence-electron chi connectivity index (χ4n) is 4.88. The molecule has 0 fully saturated rings. The molecule has 2 heterocycles. The molecule has 0 aliphatic heterocycles. The van der Waals surface area contributed by atoms with Crippen LogP contribution in [0.2, 0.25) is 0 Å². The van der Waals surface area contributed by atoms with Crippen LogP contribution in [0, 0.1) is 34.6 Å². The second kappa shape index (κ2) is 9.64. The van der Waals surface area contributed by atoms with Crippen molar-refractivity contribution in [2.24, 2.45) is 0 Å². The van der Waals surface area contributed by atoms with E-state index in [9.17, 15) is 0 Å². The van der Waals surface area contributed by atoms with Crippen molar-refractivity contribution in [1.29, 1.82) is 0 Å². The van der Waals surface area contributed by atoms with E-state index in [4.69, 9.17) is 12.9 Å². The first kappa shape index (κ1) is 27.5. The summed E-state index contributed by atoms with van der Waals surface area (Å²) in [6.07, 6.45) is -0.287. The molecule has 4 rings (SSSR count). The Labute approximate surface area is 223 Å². The van der Waals surface area contributed by atoms with Crippen molar-refractivity contribution in [2.45, 2.75) is 100 Å². The van der Waals surface area contributed by atoms with Crippen LogP contribution in [0.1, 0.15) is 99.3 Å². The van der Waals surface area contributed by atoms with Gasteiger partial charge in [-0.2, -0.15) is 0 Å². The predicted octanol–water partition coefficient (Wildman–Crippen LogP) is 10.0. The van der Waals surface area contributed by atoms with Gasteiger partial charge >= 0.3 is 8.24 Å². The average Bonchev–Trinajstić information content (AvgIpc) is 2.94. The van der Waals surface area contributed by atoms with E-state index in [-0.39, 0.29) is 16.9 Å². The van der Waals surface area contributed by atoms with Crippen LogP contribution in [0.3, 0.4) is 0 Å². The zero-order valence-electron chi connectivity index (χ0n) is 24.6. The third kappa shape index (κ3) is 5.24. The number of pyridine rings is 1. The molecule has 0 aliphatic carbocycles. The van der Waals surface area contributed by atoms with Crippen LogP contribution in [0.25, 0.3) is 21.9 Å². The van der Waals surface area contributed by atoms with Gasteiger partial charge in [-0.15, -0.1) is 0 Å². The molecular formula is C32H42NO3P. The quantitative estimate of drug-likeness (QED) is 0.270. The summed E-state index contributed by atoms with van der Waals surface area (Å²) in [6.45, 7) is 26.2. The Hall–Kier alpha value is -2.55. The van der Waals surface area contributed by atoms with Crippen molar-refractivity contribution in [3.05, 3.63) is 75.1 Å². The van der Waals surface area contributed by atoms with Crippen LogP contribution in [-0.4, -0.2) is 4.98 Å². The molecular weight excluding hydrogens is 477 g/mol. The van der Waals surface area contributed by atoms with Gasteiger partial charge in [-0.1, -0.05) is 59.7 Å². The molecule has 4 aromatic rings. The Bertz CT molecular complexity index is 1450.